The Labute approximate surface area is 185 Å². The molecule has 1 N–H and O–H groups in total. The summed E-state index contributed by atoms with van der Waals surface area (Å²) in [6.45, 7) is 2.76. The number of hydrogen-bond acceptors (Lipinski definition) is 6. The van der Waals surface area contributed by atoms with Crippen molar-refractivity contribution in [3.8, 4) is 16.3 Å². The Hall–Kier alpha value is -2.75. The van der Waals surface area contributed by atoms with Gasteiger partial charge in [-0.2, -0.15) is 4.31 Å². The van der Waals surface area contributed by atoms with Crippen molar-refractivity contribution in [3.05, 3.63) is 65.2 Å². The molecule has 0 unspecified atom stereocenters. The minimum absolute atomic E-state index is 0.0691. The summed E-state index contributed by atoms with van der Waals surface area (Å²) in [7, 11) is -3.82. The average Bonchev–Trinajstić information content (AvgIpc) is 3.24. The molecule has 4 rings (SSSR count). The van der Waals surface area contributed by atoms with Crippen LogP contribution < -0.4 is 0 Å². The van der Waals surface area contributed by atoms with Gasteiger partial charge in [-0.15, -0.1) is 11.3 Å². The van der Waals surface area contributed by atoms with Crippen molar-refractivity contribution in [2.45, 2.75) is 18.2 Å². The van der Waals surface area contributed by atoms with E-state index < -0.39 is 10.0 Å². The van der Waals surface area contributed by atoms with E-state index in [1.807, 2.05) is 35.7 Å². The van der Waals surface area contributed by atoms with Crippen molar-refractivity contribution in [3.63, 3.8) is 0 Å². The van der Waals surface area contributed by atoms with Crippen molar-refractivity contribution in [1.82, 2.24) is 14.2 Å². The second-order valence-electron chi connectivity index (χ2n) is 7.44. The van der Waals surface area contributed by atoms with Gasteiger partial charge in [-0.05, 0) is 24.6 Å². The minimum Gasteiger partial charge on any atom is -0.507 e. The average molecular weight is 458 g/mol. The third-order valence-corrected chi connectivity index (χ3v) is 8.10. The van der Waals surface area contributed by atoms with Gasteiger partial charge in [0.05, 0.1) is 12.1 Å². The first-order valence-electron chi connectivity index (χ1n) is 9.92. The summed E-state index contributed by atoms with van der Waals surface area (Å²) in [5, 5.41) is 12.8. The zero-order chi connectivity index (χ0) is 22.0. The molecule has 0 radical (unpaired) electrons. The largest absolute Gasteiger partial charge is 0.507 e. The molecule has 2 aromatic carbocycles. The molecule has 1 amide bonds. The number of amides is 1. The third kappa shape index (κ3) is 4.63. The van der Waals surface area contributed by atoms with E-state index in [0.717, 1.165) is 16.1 Å². The van der Waals surface area contributed by atoms with Crippen molar-refractivity contribution >= 4 is 27.3 Å². The smallest absolute Gasteiger partial charge is 0.246 e. The predicted molar refractivity (Wildman–Crippen MR) is 119 cm³/mol. The highest BCUT2D eigenvalue weighted by molar-refractivity contribution is 7.89. The number of carbonyl (C=O) groups is 1. The van der Waals surface area contributed by atoms with Crippen LogP contribution in [-0.2, 0) is 21.2 Å². The number of nitrogens with zero attached hydrogens (tertiary/aromatic N) is 3. The molecule has 2 heterocycles. The minimum atomic E-state index is -3.82. The maximum absolute atomic E-state index is 12.9. The molecule has 3 aromatic rings. The van der Waals surface area contributed by atoms with Crippen molar-refractivity contribution in [2.75, 3.05) is 26.2 Å². The molecule has 1 aliphatic heterocycles. The van der Waals surface area contributed by atoms with Crippen LogP contribution in [-0.4, -0.2) is 59.8 Å². The van der Waals surface area contributed by atoms with Gasteiger partial charge in [0.1, 0.15) is 15.7 Å². The van der Waals surface area contributed by atoms with Gasteiger partial charge in [-0.25, -0.2) is 13.4 Å². The normalized spacial score (nSPS) is 15.2. The summed E-state index contributed by atoms with van der Waals surface area (Å²) in [6.07, 6.45) is 0.189. The van der Waals surface area contributed by atoms with Crippen LogP contribution in [0.4, 0.5) is 0 Å². The lowest BCUT2D eigenvalue weighted by Crippen LogP contribution is -2.50. The number of phenols is 1. The van der Waals surface area contributed by atoms with Crippen molar-refractivity contribution in [2.24, 2.45) is 0 Å². The number of carbonyl (C=O) groups excluding carboxylic acids is 1. The fourth-order valence-corrected chi connectivity index (χ4v) is 5.93. The number of aryl methyl sites for hydroxylation is 1. The van der Waals surface area contributed by atoms with Crippen molar-refractivity contribution in [1.29, 1.82) is 0 Å². The summed E-state index contributed by atoms with van der Waals surface area (Å²) in [5.41, 5.74) is 2.49. The van der Waals surface area contributed by atoms with Gasteiger partial charge >= 0.3 is 0 Å². The molecule has 7 nitrogen and oxygen atoms in total. The Morgan fingerprint density at radius 1 is 1.10 bits per heavy atom. The zero-order valence-electron chi connectivity index (χ0n) is 17.1. The third-order valence-electron chi connectivity index (χ3n) is 5.23. The number of thiazole rings is 1. The van der Waals surface area contributed by atoms with Gasteiger partial charge in [0, 0.05) is 37.1 Å². The van der Waals surface area contributed by atoms with Crippen LogP contribution in [0.3, 0.4) is 0 Å². The maximum Gasteiger partial charge on any atom is 0.246 e. The highest BCUT2D eigenvalue weighted by Crippen LogP contribution is 2.28. The molecule has 1 saturated heterocycles. The molecule has 1 fully saturated rings. The Morgan fingerprint density at radius 2 is 1.81 bits per heavy atom. The van der Waals surface area contributed by atoms with Gasteiger partial charge in [-0.3, -0.25) is 4.79 Å². The van der Waals surface area contributed by atoms with E-state index in [4.69, 9.17) is 0 Å². The predicted octanol–water partition coefficient (Wildman–Crippen LogP) is 2.90. The first-order valence-corrected chi connectivity index (χ1v) is 12.2. The SMILES string of the molecule is Cc1ccc(O)c(S(=O)(=O)N2CCN(C(=O)Cc3csc(-c4ccccc4)n3)CC2)c1. The van der Waals surface area contributed by atoms with E-state index >= 15 is 0 Å². The van der Waals surface area contributed by atoms with E-state index in [1.54, 1.807) is 17.9 Å². The molecular formula is C22H23N3O4S2. The number of rotatable bonds is 5. The Balaban J connectivity index is 1.38. The molecule has 0 spiro atoms. The molecule has 0 aliphatic carbocycles. The number of aromatic hydroxyl groups is 1. The fourth-order valence-electron chi connectivity index (χ4n) is 3.51. The van der Waals surface area contributed by atoms with E-state index in [1.165, 1.54) is 27.8 Å². The molecule has 1 aliphatic rings. The zero-order valence-corrected chi connectivity index (χ0v) is 18.7. The second-order valence-corrected chi connectivity index (χ2v) is 10.2. The quantitative estimate of drug-likeness (QED) is 0.636. The molecule has 162 valence electrons. The van der Waals surface area contributed by atoms with E-state index in [0.29, 0.717) is 18.8 Å². The maximum atomic E-state index is 12.9. The number of sulfonamides is 1. The molecule has 0 saturated carbocycles. The van der Waals surface area contributed by atoms with Crippen LogP contribution in [0.2, 0.25) is 0 Å². The number of benzene rings is 2. The van der Waals surface area contributed by atoms with Crippen LogP contribution in [0.5, 0.6) is 5.75 Å². The molecule has 9 heteroatoms. The Morgan fingerprint density at radius 3 is 2.52 bits per heavy atom. The lowest BCUT2D eigenvalue weighted by atomic mass is 10.2. The summed E-state index contributed by atoms with van der Waals surface area (Å²) in [5.74, 6) is -0.331. The van der Waals surface area contributed by atoms with E-state index in [2.05, 4.69) is 4.98 Å². The summed E-state index contributed by atoms with van der Waals surface area (Å²) < 4.78 is 27.2. The monoisotopic (exact) mass is 457 g/mol. The lowest BCUT2D eigenvalue weighted by Gasteiger charge is -2.34. The molecule has 1 aromatic heterocycles. The van der Waals surface area contributed by atoms with Crippen LogP contribution in [0, 0.1) is 6.92 Å². The first kappa shape index (κ1) is 21.5. The van der Waals surface area contributed by atoms with Crippen LogP contribution in [0.25, 0.3) is 10.6 Å². The second kappa shape index (κ2) is 8.78. The van der Waals surface area contributed by atoms with Crippen molar-refractivity contribution < 1.29 is 18.3 Å². The molecule has 0 atom stereocenters. The van der Waals surface area contributed by atoms with Gasteiger partial charge in [0.15, 0.2) is 0 Å². The highest BCUT2D eigenvalue weighted by atomic mass is 32.2. The van der Waals surface area contributed by atoms with Gasteiger partial charge in [0.25, 0.3) is 0 Å². The summed E-state index contributed by atoms with van der Waals surface area (Å²) >= 11 is 1.50. The standard InChI is InChI=1S/C22H23N3O4S2/c1-16-7-8-19(26)20(13-16)31(28,29)25-11-9-24(10-12-25)21(27)14-18-15-30-22(23-18)17-5-3-2-4-6-17/h2-8,13,15,26H,9-12,14H2,1H3. The van der Waals surface area contributed by atoms with Gasteiger partial charge in [0.2, 0.25) is 15.9 Å². The lowest BCUT2D eigenvalue weighted by molar-refractivity contribution is -0.131. The Kier molecular flexibility index (Phi) is 6.08. The van der Waals surface area contributed by atoms with E-state index in [9.17, 15) is 18.3 Å². The summed E-state index contributed by atoms with van der Waals surface area (Å²) in [4.78, 5) is 18.9. The van der Waals surface area contributed by atoms with Crippen LogP contribution in [0.15, 0.2) is 58.8 Å². The number of hydrogen-bond donors (Lipinski definition) is 1. The number of piperazine rings is 1. The molecular weight excluding hydrogens is 434 g/mol. The highest BCUT2D eigenvalue weighted by Gasteiger charge is 2.32. The van der Waals surface area contributed by atoms with E-state index in [-0.39, 0.29) is 36.1 Å². The Bertz CT molecular complexity index is 1180. The number of phenolic OH excluding ortho intramolecular Hbond substituents is 1. The topological polar surface area (TPSA) is 90.8 Å². The number of aromatic nitrogens is 1. The molecule has 31 heavy (non-hydrogen) atoms. The first-order chi connectivity index (χ1) is 14.8. The molecule has 0 bridgehead atoms. The van der Waals surface area contributed by atoms with Crippen LogP contribution >= 0.6 is 11.3 Å². The van der Waals surface area contributed by atoms with Gasteiger partial charge < -0.3 is 10.0 Å². The fraction of sp³-hybridized carbons (Fsp3) is 0.273. The van der Waals surface area contributed by atoms with Gasteiger partial charge in [-0.1, -0.05) is 36.4 Å². The summed E-state index contributed by atoms with van der Waals surface area (Å²) in [6, 6.07) is 14.3. The van der Waals surface area contributed by atoms with Crippen LogP contribution in [0.1, 0.15) is 11.3 Å².